The summed E-state index contributed by atoms with van der Waals surface area (Å²) in [5, 5.41) is 0.620. The third-order valence-electron chi connectivity index (χ3n) is 5.60. The zero-order chi connectivity index (χ0) is 24.3. The van der Waals surface area contributed by atoms with Gasteiger partial charge < -0.3 is 9.64 Å². The van der Waals surface area contributed by atoms with E-state index < -0.39 is 10.0 Å². The fourth-order valence-electron chi connectivity index (χ4n) is 3.97. The Kier molecular flexibility index (Phi) is 7.00. The van der Waals surface area contributed by atoms with E-state index in [4.69, 9.17) is 16.3 Å². The number of hydrogen-bond donors (Lipinski definition) is 1. The molecule has 178 valence electrons. The molecule has 2 amide bonds. The summed E-state index contributed by atoms with van der Waals surface area (Å²) >= 11 is 6.10. The van der Waals surface area contributed by atoms with E-state index in [9.17, 15) is 13.2 Å². The van der Waals surface area contributed by atoms with Gasteiger partial charge in [0.2, 0.25) is 0 Å². The molecule has 7 nitrogen and oxygen atoms in total. The molecule has 0 aliphatic carbocycles. The van der Waals surface area contributed by atoms with Gasteiger partial charge in [0.25, 0.3) is 10.0 Å². The van der Waals surface area contributed by atoms with Gasteiger partial charge in [0.15, 0.2) is 0 Å². The largest absolute Gasteiger partial charge is 0.495 e. The van der Waals surface area contributed by atoms with Crippen LogP contribution < -0.4 is 14.4 Å². The molecular formula is C25H26ClN3O4S. The number of hydrogen-bond acceptors (Lipinski definition) is 4. The van der Waals surface area contributed by atoms with Gasteiger partial charge >= 0.3 is 6.03 Å². The van der Waals surface area contributed by atoms with E-state index in [1.807, 2.05) is 31.2 Å². The maximum Gasteiger partial charge on any atom is 0.324 e. The van der Waals surface area contributed by atoms with Crippen LogP contribution >= 0.6 is 11.6 Å². The first kappa shape index (κ1) is 23.9. The summed E-state index contributed by atoms with van der Waals surface area (Å²) in [7, 11) is -2.27. The fraction of sp³-hybridized carbons (Fsp3) is 0.240. The summed E-state index contributed by atoms with van der Waals surface area (Å²) in [6.07, 6.45) is 0.759. The minimum atomic E-state index is -3.79. The molecule has 1 aliphatic rings. The topological polar surface area (TPSA) is 79.0 Å². The number of nitrogens with one attached hydrogen (secondary N) is 1. The van der Waals surface area contributed by atoms with Crippen LogP contribution in [0.2, 0.25) is 5.02 Å². The Morgan fingerprint density at radius 1 is 1.03 bits per heavy atom. The first-order valence-electron chi connectivity index (χ1n) is 10.9. The fourth-order valence-corrected chi connectivity index (χ4v) is 5.34. The Labute approximate surface area is 205 Å². The predicted octanol–water partition coefficient (Wildman–Crippen LogP) is 5.29. The number of sulfonamides is 1. The lowest BCUT2D eigenvalue weighted by Crippen LogP contribution is -2.49. The number of methoxy groups -OCH3 is 1. The first-order valence-corrected chi connectivity index (χ1v) is 12.7. The minimum Gasteiger partial charge on any atom is -0.495 e. The Bertz CT molecular complexity index is 1310. The molecule has 0 unspecified atom stereocenters. The van der Waals surface area contributed by atoms with Gasteiger partial charge in [-0.3, -0.25) is 9.62 Å². The number of rotatable bonds is 7. The SMILES string of the molecule is COc1ccc(NS(=O)(=O)c2cccc(C)c2)cc1N1CCCN(Cc2cccc(Cl)c2)C1=O. The standard InChI is InChI=1S/C25H26ClN3O4S/c1-18-6-3-9-22(14-18)34(31,32)27-21-10-11-24(33-2)23(16-21)29-13-5-12-28(25(29)30)17-19-7-4-8-20(26)15-19/h3-4,6-11,14-16,27H,5,12-13,17H2,1-2H3. The molecule has 0 bridgehead atoms. The molecule has 1 heterocycles. The molecule has 1 saturated heterocycles. The highest BCUT2D eigenvalue weighted by atomic mass is 35.5. The van der Waals surface area contributed by atoms with Crippen LogP contribution in [-0.4, -0.2) is 39.5 Å². The van der Waals surface area contributed by atoms with Crippen molar-refractivity contribution >= 4 is 39.0 Å². The summed E-state index contributed by atoms with van der Waals surface area (Å²) < 4.78 is 33.9. The second-order valence-electron chi connectivity index (χ2n) is 8.15. The minimum absolute atomic E-state index is 0.173. The van der Waals surface area contributed by atoms with Gasteiger partial charge in [-0.25, -0.2) is 13.2 Å². The quantitative estimate of drug-likeness (QED) is 0.479. The third-order valence-corrected chi connectivity index (χ3v) is 7.21. The first-order chi connectivity index (χ1) is 16.3. The molecule has 3 aromatic rings. The molecule has 3 aromatic carbocycles. The Morgan fingerprint density at radius 2 is 1.82 bits per heavy atom. The summed E-state index contributed by atoms with van der Waals surface area (Å²) in [5.41, 5.74) is 2.64. The van der Waals surface area contributed by atoms with Gasteiger partial charge in [-0.15, -0.1) is 0 Å². The van der Waals surface area contributed by atoms with Crippen molar-refractivity contribution in [2.75, 3.05) is 29.8 Å². The van der Waals surface area contributed by atoms with Crippen molar-refractivity contribution in [1.82, 2.24) is 4.90 Å². The van der Waals surface area contributed by atoms with Crippen LogP contribution in [0.3, 0.4) is 0 Å². The van der Waals surface area contributed by atoms with E-state index in [2.05, 4.69) is 4.72 Å². The highest BCUT2D eigenvalue weighted by Crippen LogP contribution is 2.34. The average molecular weight is 500 g/mol. The molecule has 1 fully saturated rings. The highest BCUT2D eigenvalue weighted by molar-refractivity contribution is 7.92. The summed E-state index contributed by atoms with van der Waals surface area (Å²) in [6, 6.07) is 18.8. The van der Waals surface area contributed by atoms with Crippen LogP contribution in [-0.2, 0) is 16.6 Å². The molecule has 0 radical (unpaired) electrons. The van der Waals surface area contributed by atoms with Crippen LogP contribution in [0.4, 0.5) is 16.2 Å². The van der Waals surface area contributed by atoms with Gasteiger partial charge in [-0.1, -0.05) is 35.9 Å². The number of halogens is 1. The van der Waals surface area contributed by atoms with Crippen molar-refractivity contribution in [1.29, 1.82) is 0 Å². The number of aryl methyl sites for hydroxylation is 1. The van der Waals surface area contributed by atoms with Crippen LogP contribution in [0.1, 0.15) is 17.5 Å². The number of urea groups is 1. The second-order valence-corrected chi connectivity index (χ2v) is 10.3. The lowest BCUT2D eigenvalue weighted by Gasteiger charge is -2.36. The Morgan fingerprint density at radius 3 is 2.56 bits per heavy atom. The van der Waals surface area contributed by atoms with E-state index in [1.54, 1.807) is 52.3 Å². The van der Waals surface area contributed by atoms with E-state index in [0.29, 0.717) is 41.8 Å². The van der Waals surface area contributed by atoms with Crippen LogP contribution in [0, 0.1) is 6.92 Å². The smallest absolute Gasteiger partial charge is 0.324 e. The predicted molar refractivity (Wildman–Crippen MR) is 134 cm³/mol. The second kappa shape index (κ2) is 9.95. The third kappa shape index (κ3) is 5.29. The van der Waals surface area contributed by atoms with Crippen molar-refractivity contribution in [3.63, 3.8) is 0 Å². The summed E-state index contributed by atoms with van der Waals surface area (Å²) in [6.45, 7) is 3.37. The van der Waals surface area contributed by atoms with Gasteiger partial charge in [0, 0.05) is 24.7 Å². The number of benzene rings is 3. The number of amides is 2. The highest BCUT2D eigenvalue weighted by Gasteiger charge is 2.29. The van der Waals surface area contributed by atoms with Crippen LogP contribution in [0.5, 0.6) is 5.75 Å². The lowest BCUT2D eigenvalue weighted by molar-refractivity contribution is 0.192. The molecule has 1 N–H and O–H groups in total. The van der Waals surface area contributed by atoms with Crippen molar-refractivity contribution in [2.45, 2.75) is 24.8 Å². The van der Waals surface area contributed by atoms with Gasteiger partial charge in [0.05, 0.1) is 23.4 Å². The van der Waals surface area contributed by atoms with Gasteiger partial charge in [-0.05, 0) is 66.9 Å². The molecule has 4 rings (SSSR count). The number of anilines is 2. The monoisotopic (exact) mass is 499 g/mol. The van der Waals surface area contributed by atoms with Crippen LogP contribution in [0.25, 0.3) is 0 Å². The maximum absolute atomic E-state index is 13.4. The average Bonchev–Trinajstić information content (AvgIpc) is 2.80. The van der Waals surface area contributed by atoms with E-state index in [0.717, 1.165) is 17.5 Å². The molecular weight excluding hydrogens is 474 g/mol. The van der Waals surface area contributed by atoms with Gasteiger partial charge in [-0.2, -0.15) is 0 Å². The van der Waals surface area contributed by atoms with E-state index in [-0.39, 0.29) is 10.9 Å². The molecule has 0 aromatic heterocycles. The zero-order valence-corrected chi connectivity index (χ0v) is 20.6. The van der Waals surface area contributed by atoms with E-state index >= 15 is 0 Å². The normalized spacial score (nSPS) is 14.3. The zero-order valence-electron chi connectivity index (χ0n) is 19.0. The van der Waals surface area contributed by atoms with Crippen LogP contribution in [0.15, 0.2) is 71.6 Å². The van der Waals surface area contributed by atoms with E-state index in [1.165, 1.54) is 7.11 Å². The molecule has 34 heavy (non-hydrogen) atoms. The molecule has 0 atom stereocenters. The van der Waals surface area contributed by atoms with Crippen molar-refractivity contribution < 1.29 is 17.9 Å². The molecule has 0 saturated carbocycles. The summed E-state index contributed by atoms with van der Waals surface area (Å²) in [5.74, 6) is 0.483. The number of carbonyl (C=O) groups is 1. The van der Waals surface area contributed by atoms with Crippen molar-refractivity contribution in [2.24, 2.45) is 0 Å². The molecule has 1 aliphatic heterocycles. The van der Waals surface area contributed by atoms with Crippen molar-refractivity contribution in [3.05, 3.63) is 82.9 Å². The van der Waals surface area contributed by atoms with Crippen molar-refractivity contribution in [3.8, 4) is 5.75 Å². The Hall–Kier alpha value is -3.23. The maximum atomic E-state index is 13.4. The number of nitrogens with zero attached hydrogens (tertiary/aromatic N) is 2. The number of ether oxygens (including phenoxy) is 1. The molecule has 9 heteroatoms. The number of carbonyl (C=O) groups excluding carboxylic acids is 1. The van der Waals surface area contributed by atoms with Gasteiger partial charge in [0.1, 0.15) is 5.75 Å². The lowest BCUT2D eigenvalue weighted by atomic mass is 10.1. The summed E-state index contributed by atoms with van der Waals surface area (Å²) in [4.78, 5) is 16.9. The Balaban J connectivity index is 1.60. The molecule has 0 spiro atoms.